The maximum absolute atomic E-state index is 10.7. The van der Waals surface area contributed by atoms with Gasteiger partial charge in [-0.1, -0.05) is 30.7 Å². The standard InChI is InChI=1S/C15H18N2O2/c18-17(19)13-5-1-3-11(9-13)7-8-15-14-6-2-4-12(14)10-16-15/h1,3,5,7-9,12,14-16H,2,4,6,10H2/b8-7+. The summed E-state index contributed by atoms with van der Waals surface area (Å²) >= 11 is 0. The zero-order valence-corrected chi connectivity index (χ0v) is 10.8. The van der Waals surface area contributed by atoms with Crippen molar-refractivity contribution in [2.45, 2.75) is 25.3 Å². The quantitative estimate of drug-likeness (QED) is 0.669. The van der Waals surface area contributed by atoms with Gasteiger partial charge in [0, 0.05) is 18.2 Å². The Hall–Kier alpha value is -1.68. The predicted octanol–water partition coefficient (Wildman–Crippen LogP) is 3.00. The minimum Gasteiger partial charge on any atom is -0.310 e. The zero-order valence-electron chi connectivity index (χ0n) is 10.8. The Morgan fingerprint density at radius 1 is 1.37 bits per heavy atom. The lowest BCUT2D eigenvalue weighted by Crippen LogP contribution is -2.23. The van der Waals surface area contributed by atoms with Gasteiger partial charge in [0.2, 0.25) is 0 Å². The molecule has 3 unspecified atom stereocenters. The molecule has 0 amide bonds. The molecule has 1 aliphatic carbocycles. The summed E-state index contributed by atoms with van der Waals surface area (Å²) in [5.41, 5.74) is 1.05. The maximum Gasteiger partial charge on any atom is 0.270 e. The summed E-state index contributed by atoms with van der Waals surface area (Å²) in [4.78, 5) is 10.4. The van der Waals surface area contributed by atoms with Gasteiger partial charge in [-0.15, -0.1) is 0 Å². The van der Waals surface area contributed by atoms with Gasteiger partial charge in [-0.25, -0.2) is 0 Å². The second kappa shape index (κ2) is 5.13. The normalized spacial score (nSPS) is 29.8. The summed E-state index contributed by atoms with van der Waals surface area (Å²) in [6.07, 6.45) is 8.18. The van der Waals surface area contributed by atoms with Crippen molar-refractivity contribution >= 4 is 11.8 Å². The van der Waals surface area contributed by atoms with E-state index in [-0.39, 0.29) is 10.6 Å². The van der Waals surface area contributed by atoms with Crippen LogP contribution in [0.15, 0.2) is 30.3 Å². The molecule has 1 aromatic rings. The van der Waals surface area contributed by atoms with E-state index in [0.29, 0.717) is 6.04 Å². The Balaban J connectivity index is 1.72. The first-order valence-corrected chi connectivity index (χ1v) is 6.90. The molecule has 0 aromatic heterocycles. The first-order valence-electron chi connectivity index (χ1n) is 6.90. The number of nitrogens with one attached hydrogen (secondary N) is 1. The van der Waals surface area contributed by atoms with Crippen molar-refractivity contribution in [1.82, 2.24) is 5.32 Å². The van der Waals surface area contributed by atoms with Gasteiger partial charge in [-0.3, -0.25) is 10.1 Å². The van der Waals surface area contributed by atoms with E-state index >= 15 is 0 Å². The fourth-order valence-corrected chi connectivity index (χ4v) is 3.40. The van der Waals surface area contributed by atoms with E-state index in [9.17, 15) is 10.1 Å². The number of benzene rings is 1. The van der Waals surface area contributed by atoms with E-state index in [0.717, 1.165) is 23.9 Å². The Bertz CT molecular complexity index is 513. The van der Waals surface area contributed by atoms with Crippen LogP contribution in [0.25, 0.3) is 6.08 Å². The molecule has 3 atom stereocenters. The number of nitrogens with zero attached hydrogens (tertiary/aromatic N) is 1. The number of fused-ring (bicyclic) bond motifs is 1. The Morgan fingerprint density at radius 3 is 3.11 bits per heavy atom. The molecule has 1 saturated carbocycles. The Morgan fingerprint density at radius 2 is 2.26 bits per heavy atom. The minimum absolute atomic E-state index is 0.153. The van der Waals surface area contributed by atoms with E-state index in [1.807, 2.05) is 12.1 Å². The van der Waals surface area contributed by atoms with Crippen LogP contribution in [-0.2, 0) is 0 Å². The lowest BCUT2D eigenvalue weighted by Gasteiger charge is -2.13. The van der Waals surface area contributed by atoms with Crippen molar-refractivity contribution in [1.29, 1.82) is 0 Å². The monoisotopic (exact) mass is 258 g/mol. The molecule has 19 heavy (non-hydrogen) atoms. The number of nitro groups is 1. The van der Waals surface area contributed by atoms with Crippen LogP contribution >= 0.6 is 0 Å². The third-order valence-electron chi connectivity index (χ3n) is 4.37. The molecule has 0 spiro atoms. The number of non-ortho nitro benzene ring substituents is 1. The third-order valence-corrected chi connectivity index (χ3v) is 4.37. The van der Waals surface area contributed by atoms with Crippen molar-refractivity contribution in [3.8, 4) is 0 Å². The fraction of sp³-hybridized carbons (Fsp3) is 0.467. The van der Waals surface area contributed by atoms with E-state index in [1.54, 1.807) is 12.1 Å². The summed E-state index contributed by atoms with van der Waals surface area (Å²) in [6, 6.07) is 7.23. The van der Waals surface area contributed by atoms with Crippen molar-refractivity contribution in [3.63, 3.8) is 0 Å². The predicted molar refractivity (Wildman–Crippen MR) is 74.8 cm³/mol. The van der Waals surface area contributed by atoms with Crippen LogP contribution in [0.3, 0.4) is 0 Å². The molecule has 1 aliphatic heterocycles. The smallest absolute Gasteiger partial charge is 0.270 e. The first kappa shape index (κ1) is 12.4. The number of hydrogen-bond donors (Lipinski definition) is 1. The maximum atomic E-state index is 10.7. The summed E-state index contributed by atoms with van der Waals surface area (Å²) in [5.74, 6) is 1.59. The van der Waals surface area contributed by atoms with Crippen LogP contribution < -0.4 is 5.32 Å². The van der Waals surface area contributed by atoms with Gasteiger partial charge in [-0.2, -0.15) is 0 Å². The fourth-order valence-electron chi connectivity index (χ4n) is 3.40. The van der Waals surface area contributed by atoms with Crippen molar-refractivity contribution in [3.05, 3.63) is 46.0 Å². The van der Waals surface area contributed by atoms with Gasteiger partial charge in [-0.05, 0) is 36.8 Å². The molecule has 2 fully saturated rings. The Kier molecular flexibility index (Phi) is 3.34. The van der Waals surface area contributed by atoms with Crippen LogP contribution in [0.5, 0.6) is 0 Å². The summed E-state index contributed by atoms with van der Waals surface area (Å²) in [6.45, 7) is 1.12. The Labute approximate surface area is 112 Å². The largest absolute Gasteiger partial charge is 0.310 e. The van der Waals surface area contributed by atoms with Gasteiger partial charge < -0.3 is 5.32 Å². The average Bonchev–Trinajstić information content (AvgIpc) is 3.00. The second-order valence-electron chi connectivity index (χ2n) is 5.50. The van der Waals surface area contributed by atoms with Crippen LogP contribution in [0.4, 0.5) is 5.69 Å². The van der Waals surface area contributed by atoms with Crippen LogP contribution in [0.2, 0.25) is 0 Å². The second-order valence-corrected chi connectivity index (χ2v) is 5.50. The lowest BCUT2D eigenvalue weighted by atomic mass is 9.93. The van der Waals surface area contributed by atoms with Crippen LogP contribution in [-0.4, -0.2) is 17.5 Å². The van der Waals surface area contributed by atoms with Crippen molar-refractivity contribution in [2.24, 2.45) is 11.8 Å². The van der Waals surface area contributed by atoms with E-state index in [1.165, 1.54) is 25.3 Å². The molecule has 2 aliphatic rings. The average molecular weight is 258 g/mol. The minimum atomic E-state index is -0.349. The molecule has 4 heteroatoms. The van der Waals surface area contributed by atoms with Crippen LogP contribution in [0, 0.1) is 22.0 Å². The molecule has 1 aromatic carbocycles. The summed E-state index contributed by atoms with van der Waals surface area (Å²) < 4.78 is 0. The van der Waals surface area contributed by atoms with E-state index < -0.39 is 0 Å². The summed E-state index contributed by atoms with van der Waals surface area (Å²) in [7, 11) is 0. The number of rotatable bonds is 3. The highest BCUT2D eigenvalue weighted by Crippen LogP contribution is 2.38. The molecular weight excluding hydrogens is 240 g/mol. The first-order chi connectivity index (χ1) is 9.24. The topological polar surface area (TPSA) is 55.2 Å². The molecule has 3 rings (SSSR count). The lowest BCUT2D eigenvalue weighted by molar-refractivity contribution is -0.384. The van der Waals surface area contributed by atoms with E-state index in [4.69, 9.17) is 0 Å². The zero-order chi connectivity index (χ0) is 13.2. The molecule has 1 N–H and O–H groups in total. The number of hydrogen-bond acceptors (Lipinski definition) is 3. The molecule has 100 valence electrons. The molecule has 4 nitrogen and oxygen atoms in total. The van der Waals surface area contributed by atoms with Gasteiger partial charge in [0.1, 0.15) is 0 Å². The van der Waals surface area contributed by atoms with Gasteiger partial charge in [0.05, 0.1) is 4.92 Å². The molecular formula is C15H18N2O2. The van der Waals surface area contributed by atoms with E-state index in [2.05, 4.69) is 11.4 Å². The molecule has 1 saturated heterocycles. The van der Waals surface area contributed by atoms with Crippen LogP contribution in [0.1, 0.15) is 24.8 Å². The van der Waals surface area contributed by atoms with Gasteiger partial charge in [0.15, 0.2) is 0 Å². The van der Waals surface area contributed by atoms with Crippen molar-refractivity contribution in [2.75, 3.05) is 6.54 Å². The highest BCUT2D eigenvalue weighted by Gasteiger charge is 2.37. The highest BCUT2D eigenvalue weighted by molar-refractivity contribution is 5.54. The summed E-state index contributed by atoms with van der Waals surface area (Å²) in [5, 5.41) is 14.3. The van der Waals surface area contributed by atoms with Gasteiger partial charge in [0.25, 0.3) is 5.69 Å². The van der Waals surface area contributed by atoms with Crippen molar-refractivity contribution < 1.29 is 4.92 Å². The third kappa shape index (κ3) is 2.54. The SMILES string of the molecule is O=[N+]([O-])c1cccc(/C=C/C2NCC3CCCC32)c1. The molecule has 0 bridgehead atoms. The van der Waals surface area contributed by atoms with Gasteiger partial charge >= 0.3 is 0 Å². The highest BCUT2D eigenvalue weighted by atomic mass is 16.6. The molecule has 0 radical (unpaired) electrons. The number of nitro benzene ring substituents is 1. The molecule has 1 heterocycles.